The Labute approximate surface area is 196 Å². The van der Waals surface area contributed by atoms with Gasteiger partial charge in [-0.15, -0.1) is 0 Å². The molecule has 9 nitrogen and oxygen atoms in total. The summed E-state index contributed by atoms with van der Waals surface area (Å²) in [5, 5.41) is 14.2. The van der Waals surface area contributed by atoms with Crippen molar-refractivity contribution >= 4 is 17.8 Å². The number of carbonyl (C=O) groups excluding carboxylic acids is 1. The van der Waals surface area contributed by atoms with Gasteiger partial charge in [0.2, 0.25) is 5.91 Å². The molecular formula is C20H25F6N3O6. The van der Waals surface area contributed by atoms with Crippen molar-refractivity contribution in [1.29, 1.82) is 0 Å². The quantitative estimate of drug-likeness (QED) is 0.587. The second-order valence-electron chi connectivity index (χ2n) is 7.66. The molecule has 2 fully saturated rings. The minimum absolute atomic E-state index is 0.185. The van der Waals surface area contributed by atoms with Crippen LogP contribution >= 0.6 is 0 Å². The number of piperidine rings is 1. The number of hydrogen-bond donors (Lipinski definition) is 2. The van der Waals surface area contributed by atoms with Crippen LogP contribution in [0.15, 0.2) is 24.5 Å². The number of methoxy groups -OCH3 is 1. The number of carboxylic acid groups (broad SMARTS) is 2. The number of likely N-dealkylation sites (tertiary alicyclic amines) is 2. The third kappa shape index (κ3) is 9.68. The number of amides is 1. The number of rotatable bonds is 3. The third-order valence-electron chi connectivity index (χ3n) is 5.29. The highest BCUT2D eigenvalue weighted by atomic mass is 19.4. The van der Waals surface area contributed by atoms with Crippen molar-refractivity contribution < 1.29 is 55.7 Å². The van der Waals surface area contributed by atoms with Gasteiger partial charge >= 0.3 is 24.3 Å². The summed E-state index contributed by atoms with van der Waals surface area (Å²) in [6.07, 6.45) is -5.29. The molecule has 1 aromatic heterocycles. The summed E-state index contributed by atoms with van der Waals surface area (Å²) in [4.78, 5) is 38.2. The van der Waals surface area contributed by atoms with E-state index in [1.807, 2.05) is 17.3 Å². The molecule has 2 aliphatic rings. The number of carboxylic acids is 2. The van der Waals surface area contributed by atoms with Gasteiger partial charge < -0.3 is 19.8 Å². The van der Waals surface area contributed by atoms with Gasteiger partial charge in [-0.3, -0.25) is 14.7 Å². The van der Waals surface area contributed by atoms with E-state index in [2.05, 4.69) is 22.0 Å². The van der Waals surface area contributed by atoms with Gasteiger partial charge in [-0.05, 0) is 24.1 Å². The largest absolute Gasteiger partial charge is 0.490 e. The maximum Gasteiger partial charge on any atom is 0.490 e. The lowest BCUT2D eigenvalue weighted by Gasteiger charge is -2.40. The Hall–Kier alpha value is -2.94. The fourth-order valence-corrected chi connectivity index (χ4v) is 3.79. The highest BCUT2D eigenvalue weighted by Gasteiger charge is 2.45. The average Bonchev–Trinajstić information content (AvgIpc) is 3.16. The summed E-state index contributed by atoms with van der Waals surface area (Å²) < 4.78 is 69.1. The van der Waals surface area contributed by atoms with Crippen molar-refractivity contribution in [2.75, 3.05) is 26.7 Å². The van der Waals surface area contributed by atoms with Crippen LogP contribution in [0.25, 0.3) is 0 Å². The first-order chi connectivity index (χ1) is 16.1. The van der Waals surface area contributed by atoms with Gasteiger partial charge in [0.15, 0.2) is 0 Å². The lowest BCUT2D eigenvalue weighted by Crippen LogP contribution is -2.52. The molecule has 35 heavy (non-hydrogen) atoms. The summed E-state index contributed by atoms with van der Waals surface area (Å²) in [5.74, 6) is -4.90. The van der Waals surface area contributed by atoms with Gasteiger partial charge in [-0.25, -0.2) is 9.59 Å². The van der Waals surface area contributed by atoms with E-state index in [-0.39, 0.29) is 12.0 Å². The highest BCUT2D eigenvalue weighted by molar-refractivity contribution is 5.74. The van der Waals surface area contributed by atoms with Crippen LogP contribution in [-0.4, -0.2) is 94.1 Å². The molecule has 0 aliphatic carbocycles. The number of carbonyl (C=O) groups is 3. The maximum atomic E-state index is 11.9. The van der Waals surface area contributed by atoms with Crippen molar-refractivity contribution in [3.8, 4) is 0 Å². The molecule has 15 heteroatoms. The monoisotopic (exact) mass is 517 g/mol. The van der Waals surface area contributed by atoms with Crippen LogP contribution < -0.4 is 0 Å². The summed E-state index contributed by atoms with van der Waals surface area (Å²) in [5.41, 5.74) is 1.27. The molecule has 3 rings (SSSR count). The van der Waals surface area contributed by atoms with Gasteiger partial charge in [0.1, 0.15) is 0 Å². The predicted molar refractivity (Wildman–Crippen MR) is 107 cm³/mol. The fourth-order valence-electron chi connectivity index (χ4n) is 3.79. The molecule has 198 valence electrons. The van der Waals surface area contributed by atoms with Gasteiger partial charge in [-0.1, -0.05) is 0 Å². The van der Waals surface area contributed by atoms with Crippen molar-refractivity contribution in [1.82, 2.24) is 14.8 Å². The Morgan fingerprint density at radius 1 is 1.03 bits per heavy atom. The number of pyridine rings is 1. The number of nitrogens with zero attached hydrogens (tertiary/aromatic N) is 3. The van der Waals surface area contributed by atoms with E-state index in [1.165, 1.54) is 5.56 Å². The molecule has 2 aliphatic heterocycles. The SMILES string of the molecule is CO[C@H]1CCN(C(C)=O)[C@@H]2CN(Cc3ccncc3)C[C@H]12.O=C(O)C(F)(F)F.O=C(O)C(F)(F)F. The number of ether oxygens (including phenoxy) is 1. The van der Waals surface area contributed by atoms with Gasteiger partial charge in [-0.2, -0.15) is 26.3 Å². The topological polar surface area (TPSA) is 120 Å². The molecule has 0 aromatic carbocycles. The van der Waals surface area contributed by atoms with E-state index >= 15 is 0 Å². The summed E-state index contributed by atoms with van der Waals surface area (Å²) in [6.45, 7) is 5.34. The van der Waals surface area contributed by atoms with Crippen molar-refractivity contribution in [2.45, 2.75) is 44.4 Å². The number of hydrogen-bond acceptors (Lipinski definition) is 6. The minimum atomic E-state index is -5.08. The molecule has 1 amide bonds. The smallest absolute Gasteiger partial charge is 0.475 e. The van der Waals surface area contributed by atoms with E-state index in [1.54, 1.807) is 14.0 Å². The third-order valence-corrected chi connectivity index (χ3v) is 5.29. The van der Waals surface area contributed by atoms with E-state index in [9.17, 15) is 31.1 Å². The standard InChI is InChI=1S/C16H23N3O2.2C2HF3O2/c1-12(20)19-8-5-16(21-2)14-10-18(11-15(14)19)9-13-3-6-17-7-4-13;2*3-2(4,5)1(6)7/h3-4,6-7,14-16H,5,8-11H2,1-2H3;2*(H,6,7)/t14-,15+,16-;;/m0../s1. The second-order valence-corrected chi connectivity index (χ2v) is 7.66. The van der Waals surface area contributed by atoms with Crippen LogP contribution in [-0.2, 0) is 25.7 Å². The molecule has 0 unspecified atom stereocenters. The second kappa shape index (κ2) is 12.7. The molecule has 0 spiro atoms. The first-order valence-corrected chi connectivity index (χ1v) is 10.1. The molecular weight excluding hydrogens is 492 g/mol. The lowest BCUT2D eigenvalue weighted by atomic mass is 9.89. The lowest BCUT2D eigenvalue weighted by molar-refractivity contribution is -0.193. The van der Waals surface area contributed by atoms with Gasteiger partial charge in [0.25, 0.3) is 0 Å². The Morgan fingerprint density at radius 2 is 1.51 bits per heavy atom. The summed E-state index contributed by atoms with van der Waals surface area (Å²) in [6, 6.07) is 4.40. The Morgan fingerprint density at radius 3 is 1.91 bits per heavy atom. The molecule has 0 saturated carbocycles. The maximum absolute atomic E-state index is 11.9. The number of aliphatic carboxylic acids is 2. The molecule has 0 radical (unpaired) electrons. The zero-order valence-corrected chi connectivity index (χ0v) is 18.7. The molecule has 0 bridgehead atoms. The number of halogens is 6. The first-order valence-electron chi connectivity index (χ1n) is 10.1. The first kappa shape index (κ1) is 30.1. The van der Waals surface area contributed by atoms with Crippen LogP contribution in [0.1, 0.15) is 18.9 Å². The number of aromatic nitrogens is 1. The Balaban J connectivity index is 0.000000362. The van der Waals surface area contributed by atoms with Gasteiger partial charge in [0.05, 0.1) is 12.1 Å². The molecule has 2 saturated heterocycles. The van der Waals surface area contributed by atoms with Crippen LogP contribution in [0.3, 0.4) is 0 Å². The van der Waals surface area contributed by atoms with Crippen molar-refractivity contribution in [3.05, 3.63) is 30.1 Å². The summed E-state index contributed by atoms with van der Waals surface area (Å²) >= 11 is 0. The van der Waals surface area contributed by atoms with E-state index in [0.717, 1.165) is 32.6 Å². The van der Waals surface area contributed by atoms with Crippen LogP contribution in [0.2, 0.25) is 0 Å². The fraction of sp³-hybridized carbons (Fsp3) is 0.600. The summed E-state index contributed by atoms with van der Waals surface area (Å²) in [7, 11) is 1.79. The average molecular weight is 517 g/mol. The van der Waals surface area contributed by atoms with E-state index in [0.29, 0.717) is 12.0 Å². The molecule has 3 atom stereocenters. The van der Waals surface area contributed by atoms with Crippen LogP contribution in [0.4, 0.5) is 26.3 Å². The minimum Gasteiger partial charge on any atom is -0.475 e. The Kier molecular flexibility index (Phi) is 10.9. The number of alkyl halides is 6. The van der Waals surface area contributed by atoms with Crippen molar-refractivity contribution in [3.63, 3.8) is 0 Å². The molecule has 3 heterocycles. The normalized spacial score (nSPS) is 22.2. The van der Waals surface area contributed by atoms with E-state index in [4.69, 9.17) is 24.5 Å². The van der Waals surface area contributed by atoms with Crippen molar-refractivity contribution in [2.24, 2.45) is 5.92 Å². The van der Waals surface area contributed by atoms with Gasteiger partial charge in [0, 0.05) is 58.5 Å². The highest BCUT2D eigenvalue weighted by Crippen LogP contribution is 2.33. The molecule has 2 N–H and O–H groups in total. The Bertz CT molecular complexity index is 828. The predicted octanol–water partition coefficient (Wildman–Crippen LogP) is 2.42. The van der Waals surface area contributed by atoms with Crippen LogP contribution in [0, 0.1) is 5.92 Å². The molecule has 1 aromatic rings. The zero-order chi connectivity index (χ0) is 27.0. The zero-order valence-electron chi connectivity index (χ0n) is 18.7. The van der Waals surface area contributed by atoms with Crippen LogP contribution in [0.5, 0.6) is 0 Å². The van der Waals surface area contributed by atoms with E-state index < -0.39 is 24.3 Å². The number of fused-ring (bicyclic) bond motifs is 1.